The Kier molecular flexibility index (Phi) is 6.76. The minimum Gasteiger partial charge on any atom is -0.322 e. The lowest BCUT2D eigenvalue weighted by Crippen LogP contribution is -2.38. The van der Waals surface area contributed by atoms with Gasteiger partial charge in [-0.25, -0.2) is 8.42 Å². The van der Waals surface area contributed by atoms with Crippen LogP contribution in [0.25, 0.3) is 0 Å². The maximum atomic E-state index is 12.8. The van der Waals surface area contributed by atoms with E-state index < -0.39 is 15.4 Å². The molecule has 0 spiro atoms. The Balaban J connectivity index is 1.78. The highest BCUT2D eigenvalue weighted by Crippen LogP contribution is 2.34. The second-order valence-electron chi connectivity index (χ2n) is 8.87. The molecule has 2 aromatic carbocycles. The van der Waals surface area contributed by atoms with Gasteiger partial charge >= 0.3 is 0 Å². The molecule has 8 heteroatoms. The fraction of sp³-hybridized carbons (Fsp3) is 0.417. The molecule has 2 aromatic rings. The van der Waals surface area contributed by atoms with Gasteiger partial charge < -0.3 is 10.2 Å². The molecule has 32 heavy (non-hydrogen) atoms. The van der Waals surface area contributed by atoms with E-state index in [0.717, 1.165) is 17.7 Å². The van der Waals surface area contributed by atoms with Gasteiger partial charge in [0.2, 0.25) is 15.9 Å². The van der Waals surface area contributed by atoms with Gasteiger partial charge in [0.15, 0.2) is 0 Å². The summed E-state index contributed by atoms with van der Waals surface area (Å²) in [5, 5.41) is 2.85. The Bertz CT molecular complexity index is 1110. The van der Waals surface area contributed by atoms with Gasteiger partial charge in [-0.15, -0.1) is 0 Å². The van der Waals surface area contributed by atoms with Crippen molar-refractivity contribution >= 4 is 33.2 Å². The highest BCUT2D eigenvalue weighted by Gasteiger charge is 2.32. The molecular weight excluding hydrogens is 426 g/mol. The number of nitrogens with zero attached hydrogens (tertiary/aromatic N) is 2. The van der Waals surface area contributed by atoms with Gasteiger partial charge in [-0.1, -0.05) is 40.7 Å². The van der Waals surface area contributed by atoms with Crippen LogP contribution >= 0.6 is 0 Å². The van der Waals surface area contributed by atoms with Crippen molar-refractivity contribution in [3.63, 3.8) is 0 Å². The molecule has 1 N–H and O–H groups in total. The van der Waals surface area contributed by atoms with Crippen LogP contribution in [0.1, 0.15) is 50.5 Å². The molecule has 0 saturated heterocycles. The molecule has 0 fully saturated rings. The molecule has 3 rings (SSSR count). The van der Waals surface area contributed by atoms with E-state index >= 15 is 0 Å². The van der Waals surface area contributed by atoms with Crippen LogP contribution in [0.15, 0.2) is 47.4 Å². The van der Waals surface area contributed by atoms with Crippen LogP contribution in [-0.2, 0) is 21.2 Å². The molecule has 2 amide bonds. The highest BCUT2D eigenvalue weighted by molar-refractivity contribution is 7.89. The van der Waals surface area contributed by atoms with Gasteiger partial charge in [-0.3, -0.25) is 9.59 Å². The van der Waals surface area contributed by atoms with E-state index in [9.17, 15) is 18.0 Å². The quantitative estimate of drug-likeness (QED) is 0.713. The highest BCUT2D eigenvalue weighted by atomic mass is 32.2. The average molecular weight is 458 g/mol. The second kappa shape index (κ2) is 9.03. The standard InChI is InChI=1S/C24H31N3O4S/c1-6-26(7-2)32(30,31)20-12-9-18(10-13-20)22(28)25-19-11-8-17-14-15-27(21(17)16-19)23(29)24(3,4)5/h8-13,16H,6-7,14-15H2,1-5H3,(H,25,28). The summed E-state index contributed by atoms with van der Waals surface area (Å²) in [7, 11) is -3.57. The van der Waals surface area contributed by atoms with E-state index in [0.29, 0.717) is 30.9 Å². The lowest BCUT2D eigenvalue weighted by atomic mass is 9.94. The molecular formula is C24H31N3O4S. The molecule has 0 atom stereocenters. The first kappa shape index (κ1) is 23.9. The first-order chi connectivity index (χ1) is 15.0. The molecule has 0 aliphatic carbocycles. The number of anilines is 2. The normalized spacial score (nSPS) is 13.9. The maximum absolute atomic E-state index is 12.8. The SMILES string of the molecule is CCN(CC)S(=O)(=O)c1ccc(C(=O)Nc2ccc3c(c2)N(C(=O)C(C)(C)C)CC3)cc1. The predicted octanol–water partition coefficient (Wildman–Crippen LogP) is 3.90. The van der Waals surface area contributed by atoms with Gasteiger partial charge in [-0.05, 0) is 48.4 Å². The Morgan fingerprint density at radius 3 is 2.22 bits per heavy atom. The average Bonchev–Trinajstić information content (AvgIpc) is 3.16. The Hall–Kier alpha value is -2.71. The number of fused-ring (bicyclic) bond motifs is 1. The van der Waals surface area contributed by atoms with E-state index in [2.05, 4.69) is 5.32 Å². The minimum atomic E-state index is -3.57. The Morgan fingerprint density at radius 2 is 1.66 bits per heavy atom. The molecule has 1 heterocycles. The van der Waals surface area contributed by atoms with E-state index in [1.54, 1.807) is 18.7 Å². The Labute approximate surface area is 190 Å². The fourth-order valence-electron chi connectivity index (χ4n) is 3.77. The van der Waals surface area contributed by atoms with E-state index in [1.165, 1.54) is 28.6 Å². The van der Waals surface area contributed by atoms with Gasteiger partial charge in [-0.2, -0.15) is 4.31 Å². The summed E-state index contributed by atoms with van der Waals surface area (Å²) in [4.78, 5) is 27.5. The first-order valence-electron chi connectivity index (χ1n) is 10.9. The zero-order chi connectivity index (χ0) is 23.7. The number of sulfonamides is 1. The summed E-state index contributed by atoms with van der Waals surface area (Å²) in [6.45, 7) is 10.6. The van der Waals surface area contributed by atoms with Crippen molar-refractivity contribution in [2.45, 2.75) is 45.9 Å². The van der Waals surface area contributed by atoms with Crippen LogP contribution in [0.4, 0.5) is 11.4 Å². The smallest absolute Gasteiger partial charge is 0.255 e. The van der Waals surface area contributed by atoms with Crippen LogP contribution < -0.4 is 10.2 Å². The van der Waals surface area contributed by atoms with Crippen molar-refractivity contribution in [2.75, 3.05) is 29.9 Å². The number of carbonyl (C=O) groups is 2. The summed E-state index contributed by atoms with van der Waals surface area (Å²) in [6.07, 6.45) is 0.786. The van der Waals surface area contributed by atoms with Crippen LogP contribution in [0.3, 0.4) is 0 Å². The van der Waals surface area contributed by atoms with Crippen molar-refractivity contribution < 1.29 is 18.0 Å². The number of carbonyl (C=O) groups excluding carboxylic acids is 2. The number of benzene rings is 2. The molecule has 172 valence electrons. The van der Waals surface area contributed by atoms with Crippen molar-refractivity contribution in [1.29, 1.82) is 0 Å². The lowest BCUT2D eigenvalue weighted by molar-refractivity contribution is -0.125. The number of nitrogens with one attached hydrogen (secondary N) is 1. The molecule has 0 bridgehead atoms. The molecule has 0 unspecified atom stereocenters. The summed E-state index contributed by atoms with van der Waals surface area (Å²) in [5.41, 5.74) is 2.34. The largest absolute Gasteiger partial charge is 0.322 e. The fourth-order valence-corrected chi connectivity index (χ4v) is 5.22. The van der Waals surface area contributed by atoms with Gasteiger partial charge in [0.25, 0.3) is 5.91 Å². The zero-order valence-electron chi connectivity index (χ0n) is 19.3. The second-order valence-corrected chi connectivity index (χ2v) is 10.8. The topological polar surface area (TPSA) is 86.8 Å². The summed E-state index contributed by atoms with van der Waals surface area (Å²) >= 11 is 0. The molecule has 1 aliphatic rings. The number of hydrogen-bond acceptors (Lipinski definition) is 4. The van der Waals surface area contributed by atoms with Crippen LogP contribution in [0.5, 0.6) is 0 Å². The predicted molar refractivity (Wildman–Crippen MR) is 126 cm³/mol. The van der Waals surface area contributed by atoms with Crippen LogP contribution in [-0.4, -0.2) is 44.2 Å². The first-order valence-corrected chi connectivity index (χ1v) is 12.3. The summed E-state index contributed by atoms with van der Waals surface area (Å²) in [6, 6.07) is 11.5. The van der Waals surface area contributed by atoms with E-state index in [1.807, 2.05) is 39.0 Å². The molecule has 0 aromatic heterocycles. The number of amides is 2. The maximum Gasteiger partial charge on any atom is 0.255 e. The van der Waals surface area contributed by atoms with Crippen molar-refractivity contribution in [2.24, 2.45) is 5.41 Å². The van der Waals surface area contributed by atoms with Gasteiger partial charge in [0.05, 0.1) is 4.90 Å². The van der Waals surface area contributed by atoms with E-state index in [4.69, 9.17) is 0 Å². The molecule has 0 saturated carbocycles. The third-order valence-electron chi connectivity index (χ3n) is 5.59. The monoisotopic (exact) mass is 457 g/mol. The van der Waals surface area contributed by atoms with Gasteiger partial charge in [0, 0.05) is 42.0 Å². The lowest BCUT2D eigenvalue weighted by Gasteiger charge is -2.26. The van der Waals surface area contributed by atoms with E-state index in [-0.39, 0.29) is 16.7 Å². The molecule has 0 radical (unpaired) electrons. The van der Waals surface area contributed by atoms with Gasteiger partial charge in [0.1, 0.15) is 0 Å². The summed E-state index contributed by atoms with van der Waals surface area (Å²) < 4.78 is 26.6. The summed E-state index contributed by atoms with van der Waals surface area (Å²) in [5.74, 6) is -0.298. The number of rotatable bonds is 6. The minimum absolute atomic E-state index is 0.0460. The van der Waals surface area contributed by atoms with Crippen molar-refractivity contribution in [3.05, 3.63) is 53.6 Å². The number of hydrogen-bond donors (Lipinski definition) is 1. The van der Waals surface area contributed by atoms with Crippen LogP contribution in [0.2, 0.25) is 0 Å². The molecule has 7 nitrogen and oxygen atoms in total. The van der Waals surface area contributed by atoms with Crippen molar-refractivity contribution in [3.8, 4) is 0 Å². The van der Waals surface area contributed by atoms with Crippen molar-refractivity contribution in [1.82, 2.24) is 4.31 Å². The van der Waals surface area contributed by atoms with Crippen LogP contribution in [0, 0.1) is 5.41 Å². The zero-order valence-corrected chi connectivity index (χ0v) is 20.1. The third-order valence-corrected chi connectivity index (χ3v) is 7.65. The third kappa shape index (κ3) is 4.71. The molecule has 1 aliphatic heterocycles. The Morgan fingerprint density at radius 1 is 1.03 bits per heavy atom.